The van der Waals surface area contributed by atoms with Crippen molar-refractivity contribution in [1.29, 1.82) is 0 Å². The number of ketones is 1. The maximum absolute atomic E-state index is 11.5. The van der Waals surface area contributed by atoms with E-state index in [4.69, 9.17) is 4.74 Å². The van der Waals surface area contributed by atoms with E-state index in [1.54, 1.807) is 6.07 Å². The molecule has 0 unspecified atom stereocenters. The van der Waals surface area contributed by atoms with Gasteiger partial charge in [0.15, 0.2) is 15.6 Å². The lowest BCUT2D eigenvalue weighted by Gasteiger charge is -2.17. The van der Waals surface area contributed by atoms with Gasteiger partial charge in [0, 0.05) is 0 Å². The molecule has 0 saturated carbocycles. The molecule has 0 aromatic carbocycles. The Morgan fingerprint density at radius 1 is 1.47 bits per heavy atom. The number of pyridine rings is 1. The summed E-state index contributed by atoms with van der Waals surface area (Å²) in [5.41, 5.74) is 1.73. The number of rotatable bonds is 2. The fourth-order valence-electron chi connectivity index (χ4n) is 1.87. The van der Waals surface area contributed by atoms with Crippen LogP contribution in [0.25, 0.3) is 0 Å². The Morgan fingerprint density at radius 3 is 2.76 bits per heavy atom. The third-order valence-electron chi connectivity index (χ3n) is 2.77. The molecule has 1 aliphatic rings. The summed E-state index contributed by atoms with van der Waals surface area (Å²) < 4.78 is 28.0. The van der Waals surface area contributed by atoms with E-state index in [9.17, 15) is 13.2 Å². The summed E-state index contributed by atoms with van der Waals surface area (Å²) in [5, 5.41) is 0. The van der Waals surface area contributed by atoms with Gasteiger partial charge in [0.25, 0.3) is 0 Å². The van der Waals surface area contributed by atoms with Crippen molar-refractivity contribution in [2.75, 3.05) is 12.9 Å². The average molecular weight is 255 g/mol. The maximum Gasteiger partial charge on any atom is 0.224 e. The van der Waals surface area contributed by atoms with Gasteiger partial charge in [-0.25, -0.2) is 13.4 Å². The molecule has 0 N–H and O–H groups in total. The summed E-state index contributed by atoms with van der Waals surface area (Å²) in [6, 6.07) is 1.69. The second-order valence-electron chi connectivity index (χ2n) is 4.05. The molecular weight excluding hydrogens is 242 g/mol. The van der Waals surface area contributed by atoms with E-state index in [1.165, 1.54) is 14.0 Å². The fraction of sp³-hybridized carbons (Fsp3) is 0.455. The second-order valence-corrected chi connectivity index (χ2v) is 6.23. The van der Waals surface area contributed by atoms with E-state index >= 15 is 0 Å². The van der Waals surface area contributed by atoms with Crippen LogP contribution in [0.5, 0.6) is 5.88 Å². The highest BCUT2D eigenvalue weighted by Crippen LogP contribution is 2.25. The third-order valence-corrected chi connectivity index (χ3v) is 4.31. The van der Waals surface area contributed by atoms with Crippen LogP contribution in [-0.2, 0) is 22.0 Å². The number of aromatic nitrogens is 1. The summed E-state index contributed by atoms with van der Waals surface area (Å²) in [7, 11) is -1.64. The van der Waals surface area contributed by atoms with Crippen LogP contribution < -0.4 is 4.74 Å². The van der Waals surface area contributed by atoms with Gasteiger partial charge < -0.3 is 4.74 Å². The van der Waals surface area contributed by atoms with E-state index < -0.39 is 9.84 Å². The van der Waals surface area contributed by atoms with Crippen LogP contribution >= 0.6 is 0 Å². The third kappa shape index (κ3) is 2.31. The molecule has 0 saturated heterocycles. The number of ether oxygens (including phenoxy) is 1. The number of nitrogens with zero attached hydrogens (tertiary/aromatic N) is 1. The fourth-order valence-corrected chi connectivity index (χ4v) is 3.21. The largest absolute Gasteiger partial charge is 0.480 e. The number of carbonyl (C=O) groups excluding carboxylic acids is 1. The van der Waals surface area contributed by atoms with Crippen molar-refractivity contribution in [2.24, 2.45) is 0 Å². The predicted molar refractivity (Wildman–Crippen MR) is 62.0 cm³/mol. The van der Waals surface area contributed by atoms with Gasteiger partial charge in [0.1, 0.15) is 0 Å². The van der Waals surface area contributed by atoms with Crippen molar-refractivity contribution in [3.05, 3.63) is 22.9 Å². The number of sulfone groups is 1. The minimum atomic E-state index is -3.06. The van der Waals surface area contributed by atoms with E-state index in [2.05, 4.69) is 4.98 Å². The van der Waals surface area contributed by atoms with Crippen LogP contribution in [0, 0.1) is 0 Å². The van der Waals surface area contributed by atoms with Gasteiger partial charge >= 0.3 is 0 Å². The van der Waals surface area contributed by atoms with E-state index in [0.717, 1.165) is 5.56 Å². The molecule has 1 aliphatic heterocycles. The van der Waals surface area contributed by atoms with Crippen LogP contribution in [0.15, 0.2) is 6.07 Å². The molecule has 17 heavy (non-hydrogen) atoms. The monoisotopic (exact) mass is 255 g/mol. The molecule has 0 bridgehead atoms. The molecule has 0 amide bonds. The number of carbonyl (C=O) groups is 1. The van der Waals surface area contributed by atoms with Gasteiger partial charge in [0.2, 0.25) is 5.88 Å². The maximum atomic E-state index is 11.5. The molecule has 1 aromatic rings. The van der Waals surface area contributed by atoms with Gasteiger partial charge in [-0.2, -0.15) is 0 Å². The van der Waals surface area contributed by atoms with Crippen LogP contribution in [0.4, 0.5) is 0 Å². The Balaban J connectivity index is 2.56. The lowest BCUT2D eigenvalue weighted by Crippen LogP contribution is -2.21. The van der Waals surface area contributed by atoms with Crippen LogP contribution in [0.3, 0.4) is 0 Å². The van der Waals surface area contributed by atoms with E-state index in [0.29, 0.717) is 17.7 Å². The predicted octanol–water partition coefficient (Wildman–Crippen LogP) is 0.764. The highest BCUT2D eigenvalue weighted by atomic mass is 32.2. The van der Waals surface area contributed by atoms with Crippen molar-refractivity contribution in [1.82, 2.24) is 4.98 Å². The van der Waals surface area contributed by atoms with Gasteiger partial charge in [-0.05, 0) is 25.0 Å². The zero-order valence-corrected chi connectivity index (χ0v) is 10.5. The summed E-state index contributed by atoms with van der Waals surface area (Å²) in [6.07, 6.45) is 0.412. The zero-order valence-electron chi connectivity index (χ0n) is 9.69. The smallest absolute Gasteiger partial charge is 0.224 e. The van der Waals surface area contributed by atoms with E-state index in [1.807, 2.05) is 0 Å². The molecule has 2 rings (SSSR count). The standard InChI is InChI=1S/C11H13NO4S/c1-7(13)9-5-8-3-4-17(14,15)6-10(8)12-11(9)16-2/h5H,3-4,6H2,1-2H3. The molecule has 0 spiro atoms. The second kappa shape index (κ2) is 4.10. The summed E-state index contributed by atoms with van der Waals surface area (Å²) >= 11 is 0. The quantitative estimate of drug-likeness (QED) is 0.729. The highest BCUT2D eigenvalue weighted by molar-refractivity contribution is 7.90. The minimum absolute atomic E-state index is 0.0725. The summed E-state index contributed by atoms with van der Waals surface area (Å²) in [5.74, 6) is 0.112. The molecule has 92 valence electrons. The van der Waals surface area contributed by atoms with Gasteiger partial charge in [-0.3, -0.25) is 4.79 Å². The lowest BCUT2D eigenvalue weighted by atomic mass is 10.1. The van der Waals surface area contributed by atoms with Crippen molar-refractivity contribution < 1.29 is 17.9 Å². The first-order valence-corrected chi connectivity index (χ1v) is 7.03. The topological polar surface area (TPSA) is 73.3 Å². The van der Waals surface area contributed by atoms with Crippen LogP contribution in [-0.4, -0.2) is 32.0 Å². The molecule has 5 nitrogen and oxygen atoms in total. The van der Waals surface area contributed by atoms with Crippen molar-refractivity contribution in [2.45, 2.75) is 19.1 Å². The summed E-state index contributed by atoms with van der Waals surface area (Å²) in [6.45, 7) is 1.44. The SMILES string of the molecule is COc1nc2c(cc1C(C)=O)CCS(=O)(=O)C2. The number of Topliss-reactive ketones (excluding diaryl/α,β-unsaturated/α-hetero) is 1. The first-order valence-electron chi connectivity index (χ1n) is 5.21. The molecule has 2 heterocycles. The molecule has 0 fully saturated rings. The number of methoxy groups -OCH3 is 1. The van der Waals surface area contributed by atoms with Gasteiger partial charge in [-0.15, -0.1) is 0 Å². The van der Waals surface area contributed by atoms with Gasteiger partial charge in [-0.1, -0.05) is 0 Å². The molecule has 0 aliphatic carbocycles. The Labute approximate surface area is 99.7 Å². The Hall–Kier alpha value is -1.43. The zero-order chi connectivity index (χ0) is 12.6. The first-order chi connectivity index (χ1) is 7.93. The molecule has 0 atom stereocenters. The minimum Gasteiger partial charge on any atom is -0.480 e. The highest BCUT2D eigenvalue weighted by Gasteiger charge is 2.25. The molecule has 0 radical (unpaired) electrons. The van der Waals surface area contributed by atoms with Crippen molar-refractivity contribution >= 4 is 15.6 Å². The Kier molecular flexibility index (Phi) is 2.91. The number of hydrogen-bond donors (Lipinski definition) is 0. The lowest BCUT2D eigenvalue weighted by molar-refractivity contribution is 0.101. The molecule has 1 aromatic heterocycles. The average Bonchev–Trinajstić information content (AvgIpc) is 2.25. The summed E-state index contributed by atoms with van der Waals surface area (Å²) in [4.78, 5) is 15.5. The van der Waals surface area contributed by atoms with Gasteiger partial charge in [0.05, 0.1) is 29.9 Å². The number of fused-ring (bicyclic) bond motifs is 1. The Bertz CT molecular complexity index is 577. The number of aryl methyl sites for hydroxylation is 1. The van der Waals surface area contributed by atoms with Crippen molar-refractivity contribution in [3.8, 4) is 5.88 Å². The first kappa shape index (κ1) is 12.0. The Morgan fingerprint density at radius 2 is 2.18 bits per heavy atom. The van der Waals surface area contributed by atoms with Crippen molar-refractivity contribution in [3.63, 3.8) is 0 Å². The van der Waals surface area contributed by atoms with E-state index in [-0.39, 0.29) is 23.2 Å². The van der Waals surface area contributed by atoms with Crippen LogP contribution in [0.1, 0.15) is 28.5 Å². The normalized spacial score (nSPS) is 17.3. The molecular formula is C11H13NO4S. The molecule has 6 heteroatoms. The van der Waals surface area contributed by atoms with Crippen LogP contribution in [0.2, 0.25) is 0 Å². The number of hydrogen-bond acceptors (Lipinski definition) is 5.